The van der Waals surface area contributed by atoms with Crippen LogP contribution in [-0.4, -0.2) is 12.2 Å². The van der Waals surface area contributed by atoms with Crippen molar-refractivity contribution in [1.82, 2.24) is 0 Å². The lowest BCUT2D eigenvalue weighted by molar-refractivity contribution is 0.274. The van der Waals surface area contributed by atoms with E-state index in [1.165, 1.54) is 19.2 Å². The van der Waals surface area contributed by atoms with E-state index in [4.69, 9.17) is 4.74 Å². The number of benzene rings is 2. The summed E-state index contributed by atoms with van der Waals surface area (Å²) in [6.45, 7) is 1.65. The first-order valence-corrected chi connectivity index (χ1v) is 6.53. The lowest BCUT2D eigenvalue weighted by Crippen LogP contribution is -2.08. The predicted molar refractivity (Wildman–Crippen MR) is 77.3 cm³/mol. The van der Waals surface area contributed by atoms with Crippen LogP contribution in [0.25, 0.3) is 0 Å². The van der Waals surface area contributed by atoms with Gasteiger partial charge >= 0.3 is 0 Å². The molecule has 2 rings (SSSR count). The van der Waals surface area contributed by atoms with E-state index in [-0.39, 0.29) is 12.6 Å². The van der Waals surface area contributed by atoms with Crippen LogP contribution in [-0.2, 0) is 6.61 Å². The van der Waals surface area contributed by atoms with E-state index in [1.54, 1.807) is 25.1 Å². The third kappa shape index (κ3) is 3.70. The zero-order chi connectivity index (χ0) is 15.4. The average Bonchev–Trinajstić information content (AvgIpc) is 2.46. The van der Waals surface area contributed by atoms with Crippen LogP contribution < -0.4 is 10.1 Å². The van der Waals surface area contributed by atoms with Gasteiger partial charge in [-0.25, -0.2) is 8.78 Å². The molecule has 1 atom stereocenters. The van der Waals surface area contributed by atoms with Gasteiger partial charge in [-0.15, -0.1) is 0 Å². The Morgan fingerprint density at radius 1 is 1.14 bits per heavy atom. The number of anilines is 1. The lowest BCUT2D eigenvalue weighted by atomic mass is 10.1. The number of halogens is 2. The van der Waals surface area contributed by atoms with Crippen LogP contribution in [0, 0.1) is 11.6 Å². The van der Waals surface area contributed by atoms with Crippen LogP contribution in [0.1, 0.15) is 24.1 Å². The minimum Gasteiger partial charge on any atom is -0.496 e. The van der Waals surface area contributed by atoms with Gasteiger partial charge in [0.2, 0.25) is 0 Å². The van der Waals surface area contributed by atoms with Crippen molar-refractivity contribution in [3.8, 4) is 5.75 Å². The number of rotatable bonds is 5. The van der Waals surface area contributed by atoms with E-state index >= 15 is 0 Å². The van der Waals surface area contributed by atoms with Gasteiger partial charge < -0.3 is 15.2 Å². The summed E-state index contributed by atoms with van der Waals surface area (Å²) >= 11 is 0. The summed E-state index contributed by atoms with van der Waals surface area (Å²) < 4.78 is 31.6. The van der Waals surface area contributed by atoms with Gasteiger partial charge in [0.1, 0.15) is 17.4 Å². The predicted octanol–water partition coefficient (Wildman–Crippen LogP) is 3.64. The van der Waals surface area contributed by atoms with Crippen molar-refractivity contribution >= 4 is 5.69 Å². The third-order valence-corrected chi connectivity index (χ3v) is 3.22. The molecule has 2 aromatic carbocycles. The Morgan fingerprint density at radius 2 is 1.81 bits per heavy atom. The SMILES string of the molecule is COc1ccc(NC(C)c2cc(F)cc(F)c2)cc1CO. The van der Waals surface area contributed by atoms with Gasteiger partial charge in [0, 0.05) is 23.4 Å². The van der Waals surface area contributed by atoms with E-state index < -0.39 is 11.6 Å². The van der Waals surface area contributed by atoms with Crippen LogP contribution in [0.5, 0.6) is 5.75 Å². The molecule has 0 aliphatic rings. The summed E-state index contributed by atoms with van der Waals surface area (Å²) in [6.07, 6.45) is 0. The number of nitrogens with one attached hydrogen (secondary N) is 1. The summed E-state index contributed by atoms with van der Waals surface area (Å²) in [6, 6.07) is 8.39. The third-order valence-electron chi connectivity index (χ3n) is 3.22. The molecule has 0 spiro atoms. The summed E-state index contributed by atoms with van der Waals surface area (Å²) in [4.78, 5) is 0. The Balaban J connectivity index is 2.20. The fourth-order valence-corrected chi connectivity index (χ4v) is 2.15. The van der Waals surface area contributed by atoms with Gasteiger partial charge in [0.25, 0.3) is 0 Å². The molecular weight excluding hydrogens is 276 g/mol. The first-order valence-electron chi connectivity index (χ1n) is 6.53. The minimum atomic E-state index is -0.607. The van der Waals surface area contributed by atoms with Crippen LogP contribution in [0.2, 0.25) is 0 Å². The molecule has 2 N–H and O–H groups in total. The normalized spacial score (nSPS) is 12.0. The molecule has 112 valence electrons. The number of ether oxygens (including phenoxy) is 1. The first-order chi connectivity index (χ1) is 10.0. The summed E-state index contributed by atoms with van der Waals surface area (Å²) in [5.41, 5.74) is 1.88. The topological polar surface area (TPSA) is 41.5 Å². The molecule has 2 aromatic rings. The number of aliphatic hydroxyl groups excluding tert-OH is 1. The van der Waals surface area contributed by atoms with E-state index in [2.05, 4.69) is 5.32 Å². The Bertz CT molecular complexity index is 611. The quantitative estimate of drug-likeness (QED) is 0.884. The zero-order valence-electron chi connectivity index (χ0n) is 11.9. The van der Waals surface area contributed by atoms with Gasteiger partial charge in [-0.1, -0.05) is 0 Å². The average molecular weight is 293 g/mol. The molecule has 0 saturated carbocycles. The van der Waals surface area contributed by atoms with E-state index in [9.17, 15) is 13.9 Å². The molecule has 0 aromatic heterocycles. The van der Waals surface area contributed by atoms with Gasteiger partial charge in [-0.05, 0) is 42.8 Å². The summed E-state index contributed by atoms with van der Waals surface area (Å²) in [7, 11) is 1.53. The molecule has 3 nitrogen and oxygen atoms in total. The molecule has 0 bridgehead atoms. The molecule has 0 heterocycles. The van der Waals surface area contributed by atoms with E-state index in [0.717, 1.165) is 11.8 Å². The summed E-state index contributed by atoms with van der Waals surface area (Å²) in [5, 5.41) is 12.4. The molecule has 0 aliphatic carbocycles. The first kappa shape index (κ1) is 15.3. The monoisotopic (exact) mass is 293 g/mol. The smallest absolute Gasteiger partial charge is 0.126 e. The number of methoxy groups -OCH3 is 1. The molecule has 21 heavy (non-hydrogen) atoms. The van der Waals surface area contributed by atoms with Crippen LogP contribution >= 0.6 is 0 Å². The van der Waals surface area contributed by atoms with Crippen molar-refractivity contribution in [2.45, 2.75) is 19.6 Å². The zero-order valence-corrected chi connectivity index (χ0v) is 11.9. The van der Waals surface area contributed by atoms with E-state index in [1.807, 2.05) is 0 Å². The molecule has 5 heteroatoms. The molecule has 0 saturated heterocycles. The lowest BCUT2D eigenvalue weighted by Gasteiger charge is -2.17. The summed E-state index contributed by atoms with van der Waals surface area (Å²) in [5.74, 6) is -0.624. The van der Waals surface area contributed by atoms with Crippen molar-refractivity contribution in [3.05, 3.63) is 59.2 Å². The van der Waals surface area contributed by atoms with Crippen molar-refractivity contribution in [2.75, 3.05) is 12.4 Å². The molecular formula is C16H17F2NO2. The highest BCUT2D eigenvalue weighted by molar-refractivity contribution is 5.52. The fourth-order valence-electron chi connectivity index (χ4n) is 2.15. The maximum absolute atomic E-state index is 13.2. The maximum Gasteiger partial charge on any atom is 0.126 e. The standard InChI is InChI=1S/C16H17F2NO2/c1-10(11-5-13(17)8-14(18)6-11)19-15-3-4-16(21-2)12(7-15)9-20/h3-8,10,19-20H,9H2,1-2H3. The number of aliphatic hydroxyl groups is 1. The van der Waals surface area contributed by atoms with Crippen molar-refractivity contribution < 1.29 is 18.6 Å². The molecule has 1 unspecified atom stereocenters. The Kier molecular flexibility index (Phi) is 4.75. The Morgan fingerprint density at radius 3 is 2.38 bits per heavy atom. The Labute approximate surface area is 122 Å². The fraction of sp³-hybridized carbons (Fsp3) is 0.250. The highest BCUT2D eigenvalue weighted by Crippen LogP contribution is 2.26. The second kappa shape index (κ2) is 6.54. The molecule has 0 radical (unpaired) electrons. The van der Waals surface area contributed by atoms with Crippen LogP contribution in [0.4, 0.5) is 14.5 Å². The van der Waals surface area contributed by atoms with Gasteiger partial charge in [0.05, 0.1) is 13.7 Å². The van der Waals surface area contributed by atoms with E-state index in [0.29, 0.717) is 16.9 Å². The molecule has 0 aliphatic heterocycles. The largest absolute Gasteiger partial charge is 0.496 e. The molecule has 0 amide bonds. The van der Waals surface area contributed by atoms with Crippen molar-refractivity contribution in [2.24, 2.45) is 0 Å². The second-order valence-corrected chi connectivity index (χ2v) is 4.75. The minimum absolute atomic E-state index is 0.151. The number of hydrogen-bond acceptors (Lipinski definition) is 3. The van der Waals surface area contributed by atoms with Gasteiger partial charge in [-0.2, -0.15) is 0 Å². The van der Waals surface area contributed by atoms with Crippen LogP contribution in [0.15, 0.2) is 36.4 Å². The van der Waals surface area contributed by atoms with Crippen molar-refractivity contribution in [1.29, 1.82) is 0 Å². The number of hydrogen-bond donors (Lipinski definition) is 2. The highest BCUT2D eigenvalue weighted by atomic mass is 19.1. The van der Waals surface area contributed by atoms with Gasteiger partial charge in [0.15, 0.2) is 0 Å². The Hall–Kier alpha value is -2.14. The second-order valence-electron chi connectivity index (χ2n) is 4.75. The maximum atomic E-state index is 13.2. The highest BCUT2D eigenvalue weighted by Gasteiger charge is 2.10. The molecule has 0 fully saturated rings. The van der Waals surface area contributed by atoms with Crippen molar-refractivity contribution in [3.63, 3.8) is 0 Å². The van der Waals surface area contributed by atoms with Crippen LogP contribution in [0.3, 0.4) is 0 Å². The van der Waals surface area contributed by atoms with Gasteiger partial charge in [-0.3, -0.25) is 0 Å².